The summed E-state index contributed by atoms with van der Waals surface area (Å²) in [6.45, 7) is 8.18. The topological polar surface area (TPSA) is 47.7 Å². The van der Waals surface area contributed by atoms with Crippen molar-refractivity contribution in [3.05, 3.63) is 46.6 Å². The molecule has 100 valence electrons. The number of hydrogen-bond donors (Lipinski definition) is 2. The first-order valence-corrected chi connectivity index (χ1v) is 6.84. The Morgan fingerprint density at radius 3 is 1.53 bits per heavy atom. The van der Waals surface area contributed by atoms with Crippen LogP contribution >= 0.6 is 0 Å². The maximum atomic E-state index is 7.93. The van der Waals surface area contributed by atoms with Gasteiger partial charge in [0, 0.05) is 23.3 Å². The molecule has 2 atom stereocenters. The summed E-state index contributed by atoms with van der Waals surface area (Å²) >= 11 is 0. The lowest BCUT2D eigenvalue weighted by Gasteiger charge is -2.21. The van der Waals surface area contributed by atoms with Crippen molar-refractivity contribution in [2.75, 3.05) is 0 Å². The quantitative estimate of drug-likeness (QED) is 0.731. The highest BCUT2D eigenvalue weighted by molar-refractivity contribution is 6.02. The minimum absolute atomic E-state index is 0.213. The van der Waals surface area contributed by atoms with Crippen molar-refractivity contribution >= 4 is 11.4 Å². The summed E-state index contributed by atoms with van der Waals surface area (Å²) in [4.78, 5) is 0. The van der Waals surface area contributed by atoms with E-state index in [4.69, 9.17) is 10.8 Å². The second kappa shape index (κ2) is 5.12. The predicted molar refractivity (Wildman–Crippen MR) is 82.1 cm³/mol. The van der Waals surface area contributed by atoms with Gasteiger partial charge in [0.05, 0.1) is 0 Å². The van der Waals surface area contributed by atoms with E-state index in [2.05, 4.69) is 38.2 Å². The number of hydrogen-bond acceptors (Lipinski definition) is 2. The lowest BCUT2D eigenvalue weighted by atomic mass is 9.84. The smallest absolute Gasteiger partial charge is 0.0409 e. The first kappa shape index (κ1) is 13.7. The van der Waals surface area contributed by atoms with E-state index in [0.717, 1.165) is 29.0 Å². The highest BCUT2D eigenvalue weighted by atomic mass is 14.5. The molecule has 0 bridgehead atoms. The zero-order valence-corrected chi connectivity index (χ0v) is 12.2. The maximum absolute atomic E-state index is 7.93. The van der Waals surface area contributed by atoms with Crippen molar-refractivity contribution in [1.29, 1.82) is 10.8 Å². The van der Waals surface area contributed by atoms with Gasteiger partial charge in [-0.1, -0.05) is 38.2 Å². The molecule has 0 aromatic rings. The fourth-order valence-electron chi connectivity index (χ4n) is 2.79. The van der Waals surface area contributed by atoms with Gasteiger partial charge in [-0.05, 0) is 42.6 Å². The van der Waals surface area contributed by atoms with Crippen LogP contribution in [0.5, 0.6) is 0 Å². The zero-order valence-electron chi connectivity index (χ0n) is 12.2. The number of allylic oxidation sites excluding steroid dienone is 8. The predicted octanol–water partition coefficient (Wildman–Crippen LogP) is 4.46. The van der Waals surface area contributed by atoms with Crippen LogP contribution in [0.15, 0.2) is 46.6 Å². The molecular weight excluding hydrogens is 232 g/mol. The van der Waals surface area contributed by atoms with Gasteiger partial charge >= 0.3 is 0 Å². The van der Waals surface area contributed by atoms with E-state index < -0.39 is 0 Å². The largest absolute Gasteiger partial charge is 0.304 e. The van der Waals surface area contributed by atoms with Crippen molar-refractivity contribution in [1.82, 2.24) is 0 Å². The Labute approximate surface area is 115 Å². The minimum atomic E-state index is 0.213. The van der Waals surface area contributed by atoms with Crippen LogP contribution in [0.25, 0.3) is 0 Å². The summed E-state index contributed by atoms with van der Waals surface area (Å²) in [6, 6.07) is 0. The lowest BCUT2D eigenvalue weighted by Crippen LogP contribution is -2.15. The summed E-state index contributed by atoms with van der Waals surface area (Å²) in [5.74, 6) is 0.426. The van der Waals surface area contributed by atoms with Gasteiger partial charge in [0.1, 0.15) is 0 Å². The molecule has 2 unspecified atom stereocenters. The van der Waals surface area contributed by atoms with Gasteiger partial charge in [0.2, 0.25) is 0 Å². The summed E-state index contributed by atoms with van der Waals surface area (Å²) in [7, 11) is 0. The molecule has 2 heteroatoms. The van der Waals surface area contributed by atoms with E-state index in [1.165, 1.54) is 11.1 Å². The first-order chi connectivity index (χ1) is 8.88. The molecule has 2 rings (SSSR count). The van der Waals surface area contributed by atoms with Crippen LogP contribution in [0.1, 0.15) is 34.1 Å². The maximum Gasteiger partial charge on any atom is 0.0409 e. The third-order valence-electron chi connectivity index (χ3n) is 3.90. The van der Waals surface area contributed by atoms with Gasteiger partial charge in [-0.15, -0.1) is 0 Å². The first-order valence-electron chi connectivity index (χ1n) is 6.84. The summed E-state index contributed by atoms with van der Waals surface area (Å²) in [5.41, 5.74) is 6.17. The van der Waals surface area contributed by atoms with Gasteiger partial charge in [0.25, 0.3) is 0 Å². The minimum Gasteiger partial charge on any atom is -0.304 e. The van der Waals surface area contributed by atoms with Crippen LogP contribution in [0.3, 0.4) is 0 Å². The van der Waals surface area contributed by atoms with E-state index >= 15 is 0 Å². The molecule has 2 aliphatic rings. The molecule has 0 saturated carbocycles. The molecule has 0 aromatic carbocycles. The average Bonchev–Trinajstić information content (AvgIpc) is 2.33. The molecule has 19 heavy (non-hydrogen) atoms. The molecule has 0 aromatic heterocycles. The lowest BCUT2D eigenvalue weighted by molar-refractivity contribution is 0.922. The highest BCUT2D eigenvalue weighted by Crippen LogP contribution is 2.28. The number of nitrogens with one attached hydrogen (secondary N) is 2. The zero-order chi connectivity index (χ0) is 14.2. The van der Waals surface area contributed by atoms with Crippen molar-refractivity contribution in [3.8, 4) is 0 Å². The van der Waals surface area contributed by atoms with E-state index in [1.54, 1.807) is 0 Å². The Morgan fingerprint density at radius 2 is 1.21 bits per heavy atom. The Kier molecular flexibility index (Phi) is 3.70. The van der Waals surface area contributed by atoms with Crippen molar-refractivity contribution in [2.24, 2.45) is 11.8 Å². The molecule has 2 aliphatic carbocycles. The van der Waals surface area contributed by atoms with E-state index in [9.17, 15) is 0 Å². The van der Waals surface area contributed by atoms with E-state index in [1.807, 2.05) is 13.8 Å². The molecule has 0 amide bonds. The average molecular weight is 254 g/mol. The second-order valence-electron chi connectivity index (χ2n) is 5.72. The van der Waals surface area contributed by atoms with Crippen LogP contribution in [0.4, 0.5) is 0 Å². The standard InChI is InChI=1S/C17H22N2/c1-10-5-14(6-11(2)16(10)18)9-15-7-12(3)17(19)13(4)8-15/h5-8,10,12,18-19H,9H2,1-4H3. The van der Waals surface area contributed by atoms with Crippen LogP contribution in [-0.4, -0.2) is 11.4 Å². The Balaban J connectivity index is 2.20. The monoisotopic (exact) mass is 254 g/mol. The molecule has 0 heterocycles. The van der Waals surface area contributed by atoms with Gasteiger partial charge in [0.15, 0.2) is 0 Å². The highest BCUT2D eigenvalue weighted by Gasteiger charge is 2.18. The molecule has 0 radical (unpaired) electrons. The molecule has 0 spiro atoms. The third kappa shape index (κ3) is 2.83. The molecule has 0 fully saturated rings. The Hall–Kier alpha value is -1.70. The molecule has 2 nitrogen and oxygen atoms in total. The normalized spacial score (nSPS) is 27.6. The van der Waals surface area contributed by atoms with Crippen molar-refractivity contribution < 1.29 is 0 Å². The van der Waals surface area contributed by atoms with Gasteiger partial charge < -0.3 is 10.8 Å². The van der Waals surface area contributed by atoms with Crippen LogP contribution in [0.2, 0.25) is 0 Å². The Morgan fingerprint density at radius 1 is 0.842 bits per heavy atom. The molecular formula is C17H22N2. The summed E-state index contributed by atoms with van der Waals surface area (Å²) in [6.07, 6.45) is 9.52. The van der Waals surface area contributed by atoms with Crippen molar-refractivity contribution in [3.63, 3.8) is 0 Å². The fourth-order valence-corrected chi connectivity index (χ4v) is 2.79. The van der Waals surface area contributed by atoms with E-state index in [0.29, 0.717) is 0 Å². The fraction of sp³-hybridized carbons (Fsp3) is 0.412. The SMILES string of the molecule is CC1=CC(CC2=CC(C)C(=N)C(C)=C2)=CC(C)C1=N. The van der Waals surface area contributed by atoms with Crippen molar-refractivity contribution in [2.45, 2.75) is 34.1 Å². The summed E-state index contributed by atoms with van der Waals surface area (Å²) in [5, 5.41) is 15.9. The van der Waals surface area contributed by atoms with Gasteiger partial charge in [-0.2, -0.15) is 0 Å². The third-order valence-corrected chi connectivity index (χ3v) is 3.90. The van der Waals surface area contributed by atoms with Crippen LogP contribution < -0.4 is 0 Å². The number of rotatable bonds is 2. The molecule has 2 N–H and O–H groups in total. The van der Waals surface area contributed by atoms with Crippen LogP contribution in [0, 0.1) is 22.7 Å². The Bertz CT molecular complexity index is 506. The second-order valence-corrected chi connectivity index (χ2v) is 5.72. The summed E-state index contributed by atoms with van der Waals surface area (Å²) < 4.78 is 0. The van der Waals surface area contributed by atoms with Crippen LogP contribution in [-0.2, 0) is 0 Å². The van der Waals surface area contributed by atoms with Gasteiger partial charge in [-0.25, -0.2) is 0 Å². The molecule has 0 saturated heterocycles. The van der Waals surface area contributed by atoms with E-state index in [-0.39, 0.29) is 11.8 Å². The van der Waals surface area contributed by atoms with Gasteiger partial charge in [-0.3, -0.25) is 0 Å². The molecule has 0 aliphatic heterocycles.